The molecule has 0 atom stereocenters. The number of rotatable bonds is 18. The molecule has 1 heteroatoms. The van der Waals surface area contributed by atoms with Gasteiger partial charge in [0, 0.05) is 0 Å². The standard InChI is InChI=1S/2C8H15.2C4H9.Sn/c2*1-3-5-7-8-6-4-2;2*1-3-4-2;/h2*1,3H,4-8H2,2H3;2*1,3-4H2,2H3;. The molecule has 0 fully saturated rings. The number of allylic oxidation sites excluding steroid dienone is 2. The molecule has 0 bridgehead atoms. The summed E-state index contributed by atoms with van der Waals surface area (Å²) in [6.45, 7) is 9.33. The summed E-state index contributed by atoms with van der Waals surface area (Å²) in [4.78, 5) is 0. The Kier molecular flexibility index (Phi) is 19.3. The Bertz CT molecular complexity index is 284. The molecule has 0 aromatic carbocycles. The summed E-state index contributed by atoms with van der Waals surface area (Å²) in [5.74, 6) is 0. The van der Waals surface area contributed by atoms with Crippen molar-refractivity contribution >= 4 is 18.4 Å². The second-order valence-electron chi connectivity index (χ2n) is 7.94. The third-order valence-corrected chi connectivity index (χ3v) is 17.8. The van der Waals surface area contributed by atoms with E-state index in [-0.39, 0.29) is 0 Å². The van der Waals surface area contributed by atoms with Crippen LogP contribution in [0.4, 0.5) is 0 Å². The Labute approximate surface area is 164 Å². The zero-order valence-corrected chi connectivity index (χ0v) is 21.0. The quantitative estimate of drug-likeness (QED) is 0.143. The summed E-state index contributed by atoms with van der Waals surface area (Å²) in [7, 11) is 0. The van der Waals surface area contributed by atoms with Gasteiger partial charge >= 0.3 is 165 Å². The van der Waals surface area contributed by atoms with Crippen LogP contribution in [0.1, 0.15) is 118 Å². The molecule has 148 valence electrons. The summed E-state index contributed by atoms with van der Waals surface area (Å²) >= 11 is -2.19. The van der Waals surface area contributed by atoms with Gasteiger partial charge in [-0.05, 0) is 0 Å². The van der Waals surface area contributed by atoms with Crippen molar-refractivity contribution in [2.45, 2.75) is 126 Å². The van der Waals surface area contributed by atoms with E-state index in [4.69, 9.17) is 0 Å². The van der Waals surface area contributed by atoms with Gasteiger partial charge in [-0.15, -0.1) is 0 Å². The topological polar surface area (TPSA) is 0 Å². The summed E-state index contributed by atoms with van der Waals surface area (Å²) in [6, 6.07) is 0. The summed E-state index contributed by atoms with van der Waals surface area (Å²) < 4.78 is 8.69. The predicted molar refractivity (Wildman–Crippen MR) is 121 cm³/mol. The molecule has 0 spiro atoms. The van der Waals surface area contributed by atoms with E-state index in [0.717, 1.165) is 0 Å². The van der Waals surface area contributed by atoms with Crippen LogP contribution in [0.25, 0.3) is 0 Å². The first-order valence-corrected chi connectivity index (χ1v) is 18.9. The van der Waals surface area contributed by atoms with Crippen molar-refractivity contribution in [2.24, 2.45) is 0 Å². The second kappa shape index (κ2) is 19.1. The van der Waals surface area contributed by atoms with Gasteiger partial charge in [-0.1, -0.05) is 0 Å². The third-order valence-electron chi connectivity index (χ3n) is 5.34. The molecule has 0 heterocycles. The fraction of sp³-hybridized carbons (Fsp3) is 0.833. The first kappa shape index (κ1) is 25.3. The van der Waals surface area contributed by atoms with Gasteiger partial charge in [0.15, 0.2) is 0 Å². The van der Waals surface area contributed by atoms with E-state index in [1.54, 1.807) is 8.87 Å². The SMILES string of the molecule is CCCCCC/C=[CH]\[Sn](/[CH]=C\CCCCCC)([CH2]CCC)[CH2]CCC. The average molecular weight is 455 g/mol. The normalized spacial score (nSPS) is 12.6. The van der Waals surface area contributed by atoms with Crippen LogP contribution in [0.15, 0.2) is 20.3 Å². The molecule has 0 radical (unpaired) electrons. The van der Waals surface area contributed by atoms with E-state index >= 15 is 0 Å². The van der Waals surface area contributed by atoms with Crippen LogP contribution in [0.2, 0.25) is 8.87 Å². The fourth-order valence-electron chi connectivity index (χ4n) is 3.54. The molecule has 0 saturated carbocycles. The van der Waals surface area contributed by atoms with E-state index in [2.05, 4.69) is 48.0 Å². The Hall–Kier alpha value is 0.279. The van der Waals surface area contributed by atoms with Gasteiger partial charge in [0.2, 0.25) is 0 Å². The summed E-state index contributed by atoms with van der Waals surface area (Å²) in [6.07, 6.45) is 24.6. The van der Waals surface area contributed by atoms with E-state index < -0.39 is 18.4 Å². The van der Waals surface area contributed by atoms with Gasteiger partial charge in [0.25, 0.3) is 0 Å². The maximum atomic E-state index is 2.80. The zero-order valence-electron chi connectivity index (χ0n) is 18.1. The van der Waals surface area contributed by atoms with E-state index in [1.165, 1.54) is 89.9 Å². The van der Waals surface area contributed by atoms with Crippen LogP contribution in [0, 0.1) is 0 Å². The van der Waals surface area contributed by atoms with Crippen molar-refractivity contribution in [3.8, 4) is 0 Å². The Morgan fingerprint density at radius 2 is 0.880 bits per heavy atom. The van der Waals surface area contributed by atoms with Crippen molar-refractivity contribution in [1.29, 1.82) is 0 Å². The number of unbranched alkanes of at least 4 members (excludes halogenated alkanes) is 10. The van der Waals surface area contributed by atoms with Crippen molar-refractivity contribution in [3.05, 3.63) is 20.3 Å². The van der Waals surface area contributed by atoms with Crippen molar-refractivity contribution < 1.29 is 0 Å². The molecular weight excluding hydrogens is 407 g/mol. The average Bonchev–Trinajstić information content (AvgIpc) is 2.63. The first-order chi connectivity index (χ1) is 12.2. The molecule has 0 amide bonds. The molecule has 0 aromatic rings. The van der Waals surface area contributed by atoms with E-state index in [1.807, 2.05) is 0 Å². The van der Waals surface area contributed by atoms with Gasteiger partial charge in [0.1, 0.15) is 0 Å². The third kappa shape index (κ3) is 15.1. The maximum absolute atomic E-state index is 2.80. The van der Waals surface area contributed by atoms with Crippen LogP contribution in [-0.4, -0.2) is 18.4 Å². The van der Waals surface area contributed by atoms with Crippen LogP contribution >= 0.6 is 0 Å². The Morgan fingerprint density at radius 3 is 1.24 bits per heavy atom. The van der Waals surface area contributed by atoms with Crippen molar-refractivity contribution in [2.75, 3.05) is 0 Å². The molecule has 0 saturated heterocycles. The Morgan fingerprint density at radius 1 is 0.480 bits per heavy atom. The summed E-state index contributed by atoms with van der Waals surface area (Å²) in [5, 5.41) is 0. The molecule has 0 aliphatic heterocycles. The molecule has 0 unspecified atom stereocenters. The fourth-order valence-corrected chi connectivity index (χ4v) is 15.9. The van der Waals surface area contributed by atoms with Gasteiger partial charge < -0.3 is 0 Å². The van der Waals surface area contributed by atoms with Crippen LogP contribution < -0.4 is 0 Å². The van der Waals surface area contributed by atoms with Crippen LogP contribution in [0.5, 0.6) is 0 Å². The molecule has 0 aliphatic carbocycles. The van der Waals surface area contributed by atoms with Crippen molar-refractivity contribution in [3.63, 3.8) is 0 Å². The van der Waals surface area contributed by atoms with Crippen LogP contribution in [0.3, 0.4) is 0 Å². The van der Waals surface area contributed by atoms with Crippen LogP contribution in [-0.2, 0) is 0 Å². The van der Waals surface area contributed by atoms with Gasteiger partial charge in [-0.2, -0.15) is 0 Å². The Balaban J connectivity index is 4.70. The predicted octanol–water partition coefficient (Wildman–Crippen LogP) is 9.17. The molecule has 0 N–H and O–H groups in total. The van der Waals surface area contributed by atoms with E-state index in [0.29, 0.717) is 0 Å². The second-order valence-corrected chi connectivity index (χ2v) is 19.7. The first-order valence-electron chi connectivity index (χ1n) is 11.6. The molecule has 0 rings (SSSR count). The number of hydrogen-bond acceptors (Lipinski definition) is 0. The summed E-state index contributed by atoms with van der Waals surface area (Å²) in [5.41, 5.74) is 0. The monoisotopic (exact) mass is 456 g/mol. The van der Waals surface area contributed by atoms with Gasteiger partial charge in [-0.3, -0.25) is 0 Å². The van der Waals surface area contributed by atoms with Gasteiger partial charge in [0.05, 0.1) is 0 Å². The van der Waals surface area contributed by atoms with E-state index in [9.17, 15) is 0 Å². The molecule has 0 aromatic heterocycles. The minimum absolute atomic E-state index is 1.32. The molecule has 25 heavy (non-hydrogen) atoms. The molecule has 0 aliphatic rings. The minimum atomic E-state index is -2.19. The molecular formula is C24H48Sn. The zero-order chi connectivity index (χ0) is 18.6. The van der Waals surface area contributed by atoms with Crippen molar-refractivity contribution in [1.82, 2.24) is 0 Å². The molecule has 0 nitrogen and oxygen atoms in total. The number of hydrogen-bond donors (Lipinski definition) is 0. The van der Waals surface area contributed by atoms with Gasteiger partial charge in [-0.25, -0.2) is 0 Å².